The molecule has 0 radical (unpaired) electrons. The Morgan fingerprint density at radius 1 is 1.35 bits per heavy atom. The molecule has 0 unspecified atom stereocenters. The van der Waals surface area contributed by atoms with Crippen LogP contribution in [-0.2, 0) is 4.74 Å². The summed E-state index contributed by atoms with van der Waals surface area (Å²) < 4.78 is 10.0. The van der Waals surface area contributed by atoms with Crippen molar-refractivity contribution in [1.82, 2.24) is 5.32 Å². The van der Waals surface area contributed by atoms with Gasteiger partial charge in [-0.25, -0.2) is 4.79 Å². The molecular weight excluding hydrogens is 262 g/mol. The molecule has 0 heterocycles. The lowest BCUT2D eigenvalue weighted by atomic mass is 10.2. The number of benzene rings is 1. The summed E-state index contributed by atoms with van der Waals surface area (Å²) in [4.78, 5) is 11.3. The molecule has 0 spiro atoms. The molecule has 0 aliphatic rings. The van der Waals surface area contributed by atoms with Gasteiger partial charge < -0.3 is 25.0 Å². The molecule has 0 aromatic heterocycles. The maximum Gasteiger partial charge on any atom is 0.337 e. The van der Waals surface area contributed by atoms with E-state index >= 15 is 0 Å². The van der Waals surface area contributed by atoms with E-state index in [0.717, 1.165) is 0 Å². The molecular formula is C14H21NO5. The van der Waals surface area contributed by atoms with Crippen molar-refractivity contribution in [2.24, 2.45) is 0 Å². The smallest absolute Gasteiger partial charge is 0.337 e. The maximum absolute atomic E-state index is 11.3. The van der Waals surface area contributed by atoms with Crippen LogP contribution in [0.15, 0.2) is 24.3 Å². The van der Waals surface area contributed by atoms with Crippen molar-refractivity contribution in [1.29, 1.82) is 0 Å². The van der Waals surface area contributed by atoms with Crippen LogP contribution in [0.1, 0.15) is 17.3 Å². The van der Waals surface area contributed by atoms with Crippen LogP contribution in [0.5, 0.6) is 5.75 Å². The molecule has 20 heavy (non-hydrogen) atoms. The number of nitrogens with one attached hydrogen (secondary N) is 1. The second-order valence-electron chi connectivity index (χ2n) is 4.49. The van der Waals surface area contributed by atoms with Crippen LogP contribution in [0, 0.1) is 0 Å². The summed E-state index contributed by atoms with van der Waals surface area (Å²) >= 11 is 0. The third kappa shape index (κ3) is 6.01. The molecule has 3 N–H and O–H groups in total. The van der Waals surface area contributed by atoms with E-state index in [9.17, 15) is 9.90 Å². The van der Waals surface area contributed by atoms with Crippen molar-refractivity contribution in [2.75, 3.05) is 26.8 Å². The van der Waals surface area contributed by atoms with Gasteiger partial charge in [-0.15, -0.1) is 0 Å². The summed E-state index contributed by atoms with van der Waals surface area (Å²) in [7, 11) is 1.31. The zero-order valence-electron chi connectivity index (χ0n) is 11.7. The SMILES string of the molecule is COC(=O)c1cccc(OC[C@H](O)CNC[C@H](C)O)c1. The van der Waals surface area contributed by atoms with Crippen molar-refractivity contribution < 1.29 is 24.5 Å². The summed E-state index contributed by atoms with van der Waals surface area (Å²) in [6.07, 6.45) is -1.16. The highest BCUT2D eigenvalue weighted by molar-refractivity contribution is 5.89. The summed E-state index contributed by atoms with van der Waals surface area (Å²) in [5, 5.41) is 21.7. The van der Waals surface area contributed by atoms with E-state index in [4.69, 9.17) is 9.84 Å². The number of esters is 1. The largest absolute Gasteiger partial charge is 0.491 e. The molecule has 0 fully saturated rings. The van der Waals surface area contributed by atoms with Crippen LogP contribution in [-0.4, -0.2) is 55.2 Å². The van der Waals surface area contributed by atoms with Gasteiger partial charge in [-0.2, -0.15) is 0 Å². The fourth-order valence-electron chi connectivity index (χ4n) is 1.54. The Kier molecular flexibility index (Phi) is 7.00. The Bertz CT molecular complexity index is 422. The minimum atomic E-state index is -0.699. The highest BCUT2D eigenvalue weighted by atomic mass is 16.5. The van der Waals surface area contributed by atoms with Crippen LogP contribution in [0.4, 0.5) is 0 Å². The van der Waals surface area contributed by atoms with Crippen molar-refractivity contribution in [3.8, 4) is 5.75 Å². The van der Waals surface area contributed by atoms with Crippen LogP contribution in [0.25, 0.3) is 0 Å². The molecule has 1 rings (SSSR count). The Hall–Kier alpha value is -1.63. The molecule has 0 amide bonds. The van der Waals surface area contributed by atoms with Gasteiger partial charge in [-0.1, -0.05) is 6.07 Å². The Morgan fingerprint density at radius 2 is 2.10 bits per heavy atom. The van der Waals surface area contributed by atoms with E-state index in [1.807, 2.05) is 0 Å². The first-order chi connectivity index (χ1) is 9.52. The molecule has 1 aromatic rings. The number of hydrogen-bond acceptors (Lipinski definition) is 6. The predicted molar refractivity (Wildman–Crippen MR) is 73.8 cm³/mol. The molecule has 0 saturated carbocycles. The molecule has 6 heteroatoms. The number of aliphatic hydroxyl groups is 2. The molecule has 2 atom stereocenters. The number of carbonyl (C=O) groups is 1. The first-order valence-electron chi connectivity index (χ1n) is 6.41. The van der Waals surface area contributed by atoms with E-state index in [1.165, 1.54) is 7.11 Å². The van der Waals surface area contributed by atoms with Gasteiger partial charge in [0.05, 0.1) is 18.8 Å². The van der Waals surface area contributed by atoms with Crippen LogP contribution >= 0.6 is 0 Å². The number of hydrogen-bond donors (Lipinski definition) is 3. The fraction of sp³-hybridized carbons (Fsp3) is 0.500. The normalized spacial score (nSPS) is 13.6. The predicted octanol–water partition coefficient (Wildman–Crippen LogP) is 0.183. The second-order valence-corrected chi connectivity index (χ2v) is 4.49. The van der Waals surface area contributed by atoms with Gasteiger partial charge in [0.25, 0.3) is 0 Å². The highest BCUT2D eigenvalue weighted by Crippen LogP contribution is 2.14. The molecule has 0 aliphatic carbocycles. The topological polar surface area (TPSA) is 88.0 Å². The van der Waals surface area contributed by atoms with Crippen molar-refractivity contribution in [3.05, 3.63) is 29.8 Å². The van der Waals surface area contributed by atoms with Crippen molar-refractivity contribution >= 4 is 5.97 Å². The van der Waals surface area contributed by atoms with Crippen molar-refractivity contribution in [2.45, 2.75) is 19.1 Å². The monoisotopic (exact) mass is 283 g/mol. The summed E-state index contributed by atoms with van der Waals surface area (Å²) in [5.74, 6) is 0.0528. The Balaban J connectivity index is 2.39. The number of carbonyl (C=O) groups excluding carboxylic acids is 1. The van der Waals surface area contributed by atoms with E-state index in [1.54, 1.807) is 31.2 Å². The zero-order valence-corrected chi connectivity index (χ0v) is 11.7. The third-order valence-corrected chi connectivity index (χ3v) is 2.52. The van der Waals surface area contributed by atoms with E-state index in [-0.39, 0.29) is 6.61 Å². The molecule has 6 nitrogen and oxygen atoms in total. The maximum atomic E-state index is 11.3. The first kappa shape index (κ1) is 16.4. The quantitative estimate of drug-likeness (QED) is 0.590. The fourth-order valence-corrected chi connectivity index (χ4v) is 1.54. The third-order valence-electron chi connectivity index (χ3n) is 2.52. The lowest BCUT2D eigenvalue weighted by Gasteiger charge is -2.14. The van der Waals surface area contributed by atoms with Gasteiger partial charge in [0.2, 0.25) is 0 Å². The van der Waals surface area contributed by atoms with Gasteiger partial charge in [-0.05, 0) is 25.1 Å². The number of ether oxygens (including phenoxy) is 2. The van der Waals surface area contributed by atoms with E-state index in [2.05, 4.69) is 10.1 Å². The van der Waals surface area contributed by atoms with Crippen LogP contribution < -0.4 is 10.1 Å². The van der Waals surface area contributed by atoms with Gasteiger partial charge >= 0.3 is 5.97 Å². The summed E-state index contributed by atoms with van der Waals surface area (Å²) in [5.41, 5.74) is 0.395. The Labute approximate surface area is 118 Å². The van der Waals surface area contributed by atoms with Crippen LogP contribution in [0.2, 0.25) is 0 Å². The van der Waals surface area contributed by atoms with Gasteiger partial charge in [0.15, 0.2) is 0 Å². The van der Waals surface area contributed by atoms with E-state index < -0.39 is 18.2 Å². The minimum Gasteiger partial charge on any atom is -0.491 e. The molecule has 0 saturated heterocycles. The zero-order chi connectivity index (χ0) is 15.0. The minimum absolute atomic E-state index is 0.0947. The summed E-state index contributed by atoms with van der Waals surface area (Å²) in [6.45, 7) is 2.49. The lowest BCUT2D eigenvalue weighted by molar-refractivity contribution is 0.0600. The van der Waals surface area contributed by atoms with Gasteiger partial charge in [-0.3, -0.25) is 0 Å². The Morgan fingerprint density at radius 3 is 2.75 bits per heavy atom. The van der Waals surface area contributed by atoms with Crippen molar-refractivity contribution in [3.63, 3.8) is 0 Å². The number of aliphatic hydroxyl groups excluding tert-OH is 2. The molecule has 0 aliphatic heterocycles. The van der Waals surface area contributed by atoms with E-state index in [0.29, 0.717) is 24.4 Å². The molecule has 1 aromatic carbocycles. The second kappa shape index (κ2) is 8.52. The average molecular weight is 283 g/mol. The first-order valence-corrected chi connectivity index (χ1v) is 6.41. The number of rotatable bonds is 8. The van der Waals surface area contributed by atoms with Crippen LogP contribution in [0.3, 0.4) is 0 Å². The lowest BCUT2D eigenvalue weighted by Crippen LogP contribution is -2.35. The number of methoxy groups -OCH3 is 1. The van der Waals surface area contributed by atoms with Gasteiger partial charge in [0, 0.05) is 13.1 Å². The standard InChI is InChI=1S/C14H21NO5/c1-10(16)7-15-8-12(17)9-20-13-5-3-4-11(6-13)14(18)19-2/h3-6,10,12,15-17H,7-9H2,1-2H3/t10-,12+/m0/s1. The molecule has 112 valence electrons. The molecule has 0 bridgehead atoms. The average Bonchev–Trinajstić information content (AvgIpc) is 2.44. The van der Waals surface area contributed by atoms with Gasteiger partial charge in [0.1, 0.15) is 18.5 Å². The summed E-state index contributed by atoms with van der Waals surface area (Å²) in [6, 6.07) is 6.56. The highest BCUT2D eigenvalue weighted by Gasteiger charge is 2.08.